The summed E-state index contributed by atoms with van der Waals surface area (Å²) in [5.41, 5.74) is 2.48. The number of ether oxygens (including phenoxy) is 1. The Hall–Kier alpha value is -3.45. The zero-order chi connectivity index (χ0) is 19.7. The van der Waals surface area contributed by atoms with E-state index in [9.17, 15) is 13.2 Å². The average Bonchev–Trinajstić information content (AvgIpc) is 2.92. The summed E-state index contributed by atoms with van der Waals surface area (Å²) in [5.74, 6) is 0.107. The highest BCUT2D eigenvalue weighted by Gasteiger charge is 2.28. The number of nitrogens with one attached hydrogen (secondary N) is 1. The van der Waals surface area contributed by atoms with Crippen LogP contribution in [0.5, 0.6) is 5.75 Å². The van der Waals surface area contributed by atoms with E-state index in [1.165, 1.54) is 6.07 Å². The third kappa shape index (κ3) is 3.52. The summed E-state index contributed by atoms with van der Waals surface area (Å²) in [6, 6.07) is 20.4. The van der Waals surface area contributed by atoms with Crippen LogP contribution in [0.2, 0.25) is 0 Å². The quantitative estimate of drug-likeness (QED) is 0.542. The fourth-order valence-corrected chi connectivity index (χ4v) is 4.08. The molecule has 0 bridgehead atoms. The summed E-state index contributed by atoms with van der Waals surface area (Å²) in [5, 5.41) is 2.99. The highest BCUT2D eigenvalue weighted by Crippen LogP contribution is 2.27. The molecule has 28 heavy (non-hydrogen) atoms. The van der Waals surface area contributed by atoms with Gasteiger partial charge < -0.3 is 10.1 Å². The molecule has 6 nitrogen and oxygen atoms in total. The standard InChI is InChI=1S/C21H16N2O4S/c1-14-6-4-7-15(12-14)21(24)27-17-9-5-8-16(13-17)22-20-18-10-2-3-11-19(18)28(25,26)23-20/h2-13H,1H3,(H,22,23). The molecule has 3 aromatic rings. The number of rotatable bonds is 3. The number of sulfonamides is 1. The number of hydrogen-bond acceptors (Lipinski definition) is 5. The second-order valence-corrected chi connectivity index (χ2v) is 7.90. The maximum absolute atomic E-state index is 12.3. The zero-order valence-corrected chi connectivity index (χ0v) is 15.7. The largest absolute Gasteiger partial charge is 0.423 e. The van der Waals surface area contributed by atoms with E-state index in [1.54, 1.807) is 60.7 Å². The maximum Gasteiger partial charge on any atom is 0.343 e. The maximum atomic E-state index is 12.3. The Labute approximate surface area is 162 Å². The normalized spacial score (nSPS) is 14.1. The van der Waals surface area contributed by atoms with Gasteiger partial charge in [-0.25, -0.2) is 4.79 Å². The van der Waals surface area contributed by atoms with Crippen molar-refractivity contribution in [2.45, 2.75) is 11.8 Å². The van der Waals surface area contributed by atoms with Crippen LogP contribution in [0.3, 0.4) is 0 Å². The van der Waals surface area contributed by atoms with Crippen LogP contribution in [0.1, 0.15) is 21.5 Å². The van der Waals surface area contributed by atoms with Gasteiger partial charge in [-0.1, -0.05) is 35.9 Å². The van der Waals surface area contributed by atoms with Gasteiger partial charge in [0.1, 0.15) is 10.6 Å². The minimum atomic E-state index is -3.70. The summed E-state index contributed by atoms with van der Waals surface area (Å²) in [7, 11) is -3.70. The summed E-state index contributed by atoms with van der Waals surface area (Å²) in [4.78, 5) is 12.5. The van der Waals surface area contributed by atoms with E-state index < -0.39 is 16.0 Å². The van der Waals surface area contributed by atoms with Gasteiger partial charge in [-0.3, -0.25) is 0 Å². The number of benzene rings is 3. The number of carbonyl (C=O) groups is 1. The predicted molar refractivity (Wildman–Crippen MR) is 106 cm³/mol. The fourth-order valence-electron chi connectivity index (χ4n) is 2.91. The van der Waals surface area contributed by atoms with Gasteiger partial charge in [0, 0.05) is 17.3 Å². The molecular weight excluding hydrogens is 376 g/mol. The molecule has 7 heteroatoms. The SMILES string of the molecule is Cc1cccc(C(=O)Oc2cccc(NC3=NS(=O)(=O)c4ccccc43)c2)c1. The molecule has 0 aliphatic carbocycles. The van der Waals surface area contributed by atoms with Gasteiger partial charge >= 0.3 is 5.97 Å². The Morgan fingerprint density at radius 2 is 1.75 bits per heavy atom. The first-order valence-corrected chi connectivity index (χ1v) is 9.97. The van der Waals surface area contributed by atoms with E-state index in [2.05, 4.69) is 9.71 Å². The molecule has 1 aliphatic rings. The first-order valence-electron chi connectivity index (χ1n) is 8.53. The first kappa shape index (κ1) is 17.9. The summed E-state index contributed by atoms with van der Waals surface area (Å²) < 4.78 is 33.5. The Kier molecular flexibility index (Phi) is 4.44. The van der Waals surface area contributed by atoms with Gasteiger partial charge in [0.05, 0.1) is 5.56 Å². The van der Waals surface area contributed by atoms with Crippen molar-refractivity contribution in [3.63, 3.8) is 0 Å². The number of anilines is 1. The Bertz CT molecular complexity index is 1220. The lowest BCUT2D eigenvalue weighted by molar-refractivity contribution is 0.0735. The molecule has 0 saturated heterocycles. The second kappa shape index (κ2) is 6.94. The zero-order valence-electron chi connectivity index (χ0n) is 14.9. The minimum absolute atomic E-state index is 0.166. The van der Waals surface area contributed by atoms with Crippen LogP contribution in [0, 0.1) is 6.92 Å². The number of esters is 1. The van der Waals surface area contributed by atoms with Gasteiger partial charge in [-0.15, -0.1) is 4.40 Å². The van der Waals surface area contributed by atoms with E-state index in [0.717, 1.165) is 5.56 Å². The van der Waals surface area contributed by atoms with Crippen molar-refractivity contribution in [3.05, 3.63) is 89.5 Å². The minimum Gasteiger partial charge on any atom is -0.423 e. The molecular formula is C21H16N2O4S. The number of hydrogen-bond donors (Lipinski definition) is 1. The molecule has 0 atom stereocenters. The fraction of sp³-hybridized carbons (Fsp3) is 0.0476. The number of fused-ring (bicyclic) bond motifs is 1. The van der Waals surface area contributed by atoms with E-state index in [1.807, 2.05) is 13.0 Å². The smallest absolute Gasteiger partial charge is 0.343 e. The lowest BCUT2D eigenvalue weighted by atomic mass is 10.1. The highest BCUT2D eigenvalue weighted by molar-refractivity contribution is 7.90. The van der Waals surface area contributed by atoms with Crippen molar-refractivity contribution >= 4 is 27.5 Å². The van der Waals surface area contributed by atoms with Crippen molar-refractivity contribution in [2.75, 3.05) is 5.32 Å². The van der Waals surface area contributed by atoms with Crippen molar-refractivity contribution in [1.29, 1.82) is 0 Å². The molecule has 0 saturated carbocycles. The molecule has 1 N–H and O–H groups in total. The van der Waals surface area contributed by atoms with Crippen molar-refractivity contribution in [3.8, 4) is 5.75 Å². The molecule has 0 radical (unpaired) electrons. The first-order chi connectivity index (χ1) is 13.4. The van der Waals surface area contributed by atoms with Crippen molar-refractivity contribution < 1.29 is 17.9 Å². The molecule has 1 heterocycles. The van der Waals surface area contributed by atoms with Crippen LogP contribution in [0.15, 0.2) is 82.1 Å². The molecule has 3 aromatic carbocycles. The molecule has 140 valence electrons. The van der Waals surface area contributed by atoms with E-state index in [4.69, 9.17) is 4.74 Å². The van der Waals surface area contributed by atoms with Gasteiger partial charge in [-0.05, 0) is 43.3 Å². The van der Waals surface area contributed by atoms with Gasteiger partial charge in [0.25, 0.3) is 10.0 Å². The number of amidine groups is 1. The lowest BCUT2D eigenvalue weighted by Gasteiger charge is -2.09. The van der Waals surface area contributed by atoms with Crippen LogP contribution in [-0.2, 0) is 10.0 Å². The van der Waals surface area contributed by atoms with Crippen LogP contribution in [0.25, 0.3) is 0 Å². The van der Waals surface area contributed by atoms with E-state index >= 15 is 0 Å². The summed E-state index contributed by atoms with van der Waals surface area (Å²) in [6.07, 6.45) is 0. The van der Waals surface area contributed by atoms with Crippen LogP contribution >= 0.6 is 0 Å². The van der Waals surface area contributed by atoms with E-state index in [0.29, 0.717) is 22.6 Å². The van der Waals surface area contributed by atoms with Gasteiger partial charge in [0.2, 0.25) is 0 Å². The molecule has 0 aromatic heterocycles. The van der Waals surface area contributed by atoms with Gasteiger partial charge in [0.15, 0.2) is 5.84 Å². The number of nitrogens with zero attached hydrogens (tertiary/aromatic N) is 1. The topological polar surface area (TPSA) is 84.8 Å². The monoisotopic (exact) mass is 392 g/mol. The van der Waals surface area contributed by atoms with E-state index in [-0.39, 0.29) is 10.7 Å². The highest BCUT2D eigenvalue weighted by atomic mass is 32.2. The third-order valence-electron chi connectivity index (χ3n) is 4.19. The molecule has 4 rings (SSSR count). The van der Waals surface area contributed by atoms with Crippen LogP contribution in [-0.4, -0.2) is 20.2 Å². The Balaban J connectivity index is 1.56. The lowest BCUT2D eigenvalue weighted by Crippen LogP contribution is -2.12. The summed E-state index contributed by atoms with van der Waals surface area (Å²) >= 11 is 0. The van der Waals surface area contributed by atoms with Crippen molar-refractivity contribution in [1.82, 2.24) is 0 Å². The number of carbonyl (C=O) groups excluding carboxylic acids is 1. The summed E-state index contributed by atoms with van der Waals surface area (Å²) in [6.45, 7) is 1.90. The predicted octanol–water partition coefficient (Wildman–Crippen LogP) is 3.78. The molecule has 0 amide bonds. The number of aryl methyl sites for hydroxylation is 1. The molecule has 0 spiro atoms. The van der Waals surface area contributed by atoms with Gasteiger partial charge in [-0.2, -0.15) is 8.42 Å². The molecule has 1 aliphatic heterocycles. The average molecular weight is 392 g/mol. The molecule has 0 fully saturated rings. The molecule has 0 unspecified atom stereocenters. The third-order valence-corrected chi connectivity index (χ3v) is 5.53. The Morgan fingerprint density at radius 3 is 2.57 bits per heavy atom. The van der Waals surface area contributed by atoms with Crippen LogP contribution < -0.4 is 10.1 Å². The Morgan fingerprint density at radius 1 is 0.964 bits per heavy atom. The van der Waals surface area contributed by atoms with Crippen molar-refractivity contribution in [2.24, 2.45) is 4.40 Å². The second-order valence-electron chi connectivity index (χ2n) is 6.32. The van der Waals surface area contributed by atoms with Crippen LogP contribution in [0.4, 0.5) is 5.69 Å².